The highest BCUT2D eigenvalue weighted by Gasteiger charge is 2.21. The van der Waals surface area contributed by atoms with Crippen LogP contribution in [0.3, 0.4) is 0 Å². The predicted octanol–water partition coefficient (Wildman–Crippen LogP) is 4.60. The van der Waals surface area contributed by atoms with Gasteiger partial charge >= 0.3 is 0 Å². The van der Waals surface area contributed by atoms with Crippen molar-refractivity contribution in [1.29, 1.82) is 0 Å². The number of aromatic nitrogens is 2. The summed E-state index contributed by atoms with van der Waals surface area (Å²) in [7, 11) is 0. The lowest BCUT2D eigenvalue weighted by atomic mass is 9.94. The Labute approximate surface area is 163 Å². The molecule has 0 aliphatic carbocycles. The van der Waals surface area contributed by atoms with Gasteiger partial charge in [0.2, 0.25) is 17.7 Å². The summed E-state index contributed by atoms with van der Waals surface area (Å²) in [6.45, 7) is 4.11. The zero-order chi connectivity index (χ0) is 19.0. The molecule has 1 aliphatic rings. The fourth-order valence-electron chi connectivity index (χ4n) is 3.48. The Balaban J connectivity index is 1.74. The molecule has 2 heterocycles. The molecule has 0 fully saturated rings. The lowest BCUT2D eigenvalue weighted by Gasteiger charge is -2.28. The van der Waals surface area contributed by atoms with Crippen LogP contribution in [0.25, 0.3) is 11.5 Å². The molecule has 0 unspecified atom stereocenters. The van der Waals surface area contributed by atoms with Gasteiger partial charge in [0.05, 0.1) is 6.54 Å². The molecule has 2 aromatic carbocycles. The standard InChI is InChI=1S/C21H20ClN3O2/c1-3-20-23-24-21(27-20)16-6-7-17-12-25(13(2)26)19-9-8-18(22)11-15(19)5-4-14(17)10-16/h6-11H,3-5,12H2,1-2H3. The second kappa shape index (κ2) is 7.16. The maximum absolute atomic E-state index is 12.3. The fraction of sp³-hybridized carbons (Fsp3) is 0.286. The van der Waals surface area contributed by atoms with Gasteiger partial charge in [0, 0.05) is 29.6 Å². The van der Waals surface area contributed by atoms with Crippen LogP contribution in [0.1, 0.15) is 36.4 Å². The van der Waals surface area contributed by atoms with E-state index in [2.05, 4.69) is 22.3 Å². The van der Waals surface area contributed by atoms with Gasteiger partial charge in [-0.3, -0.25) is 4.79 Å². The molecule has 3 aromatic rings. The van der Waals surface area contributed by atoms with Crippen molar-refractivity contribution in [3.05, 3.63) is 64.0 Å². The van der Waals surface area contributed by atoms with Crippen molar-refractivity contribution in [2.45, 2.75) is 39.7 Å². The van der Waals surface area contributed by atoms with Gasteiger partial charge in [0.25, 0.3) is 0 Å². The molecule has 138 valence electrons. The summed E-state index contributed by atoms with van der Waals surface area (Å²) >= 11 is 6.19. The SMILES string of the molecule is CCc1nnc(-c2ccc3c(c2)CCc2cc(Cl)ccc2N(C(C)=O)C3)o1. The second-order valence-electron chi connectivity index (χ2n) is 6.72. The van der Waals surface area contributed by atoms with Crippen LogP contribution >= 0.6 is 11.6 Å². The molecule has 0 radical (unpaired) electrons. The molecule has 1 amide bonds. The van der Waals surface area contributed by atoms with E-state index in [-0.39, 0.29) is 5.91 Å². The Morgan fingerprint density at radius 2 is 1.93 bits per heavy atom. The maximum atomic E-state index is 12.3. The van der Waals surface area contributed by atoms with Gasteiger partial charge in [0.15, 0.2) is 0 Å². The van der Waals surface area contributed by atoms with Gasteiger partial charge in [-0.2, -0.15) is 0 Å². The highest BCUT2D eigenvalue weighted by atomic mass is 35.5. The quantitative estimate of drug-likeness (QED) is 0.650. The van der Waals surface area contributed by atoms with E-state index in [1.807, 2.05) is 36.1 Å². The van der Waals surface area contributed by atoms with Gasteiger partial charge in [0.1, 0.15) is 0 Å². The number of fused-ring (bicyclic) bond motifs is 2. The number of halogens is 1. The van der Waals surface area contributed by atoms with E-state index in [1.54, 1.807) is 6.92 Å². The van der Waals surface area contributed by atoms with E-state index >= 15 is 0 Å². The average Bonchev–Trinajstić information content (AvgIpc) is 3.13. The third-order valence-corrected chi connectivity index (χ3v) is 5.16. The Hall–Kier alpha value is -2.66. The number of hydrogen-bond donors (Lipinski definition) is 0. The van der Waals surface area contributed by atoms with E-state index in [4.69, 9.17) is 16.0 Å². The Morgan fingerprint density at radius 3 is 2.67 bits per heavy atom. The smallest absolute Gasteiger partial charge is 0.247 e. The van der Waals surface area contributed by atoms with Gasteiger partial charge in [-0.25, -0.2) is 0 Å². The van der Waals surface area contributed by atoms with Crippen molar-refractivity contribution in [1.82, 2.24) is 10.2 Å². The number of rotatable bonds is 2. The number of nitrogens with zero attached hydrogens (tertiary/aromatic N) is 3. The Morgan fingerprint density at radius 1 is 1.11 bits per heavy atom. The second-order valence-corrected chi connectivity index (χ2v) is 7.15. The van der Waals surface area contributed by atoms with Crippen LogP contribution in [-0.2, 0) is 30.6 Å². The van der Waals surface area contributed by atoms with E-state index in [0.29, 0.717) is 29.8 Å². The molecule has 0 spiro atoms. The van der Waals surface area contributed by atoms with E-state index < -0.39 is 0 Å². The first-order chi connectivity index (χ1) is 13.0. The van der Waals surface area contributed by atoms with E-state index in [1.165, 1.54) is 5.56 Å². The van der Waals surface area contributed by atoms with Crippen LogP contribution in [0, 0.1) is 0 Å². The highest BCUT2D eigenvalue weighted by Crippen LogP contribution is 2.32. The third kappa shape index (κ3) is 3.47. The molecule has 27 heavy (non-hydrogen) atoms. The zero-order valence-electron chi connectivity index (χ0n) is 15.3. The lowest BCUT2D eigenvalue weighted by Crippen LogP contribution is -2.30. The van der Waals surface area contributed by atoms with Gasteiger partial charge in [-0.15, -0.1) is 10.2 Å². The minimum Gasteiger partial charge on any atom is -0.421 e. The molecular weight excluding hydrogens is 362 g/mol. The van der Waals surface area contributed by atoms with Crippen LogP contribution in [-0.4, -0.2) is 16.1 Å². The molecule has 1 aliphatic heterocycles. The van der Waals surface area contributed by atoms with Crippen molar-refractivity contribution in [3.63, 3.8) is 0 Å². The maximum Gasteiger partial charge on any atom is 0.247 e. The first-order valence-corrected chi connectivity index (χ1v) is 9.44. The number of anilines is 1. The van der Waals surface area contributed by atoms with Crippen LogP contribution < -0.4 is 4.90 Å². The summed E-state index contributed by atoms with van der Waals surface area (Å²) in [6, 6.07) is 11.8. The number of hydrogen-bond acceptors (Lipinski definition) is 4. The first-order valence-electron chi connectivity index (χ1n) is 9.06. The monoisotopic (exact) mass is 381 g/mol. The van der Waals surface area contributed by atoms with E-state index in [0.717, 1.165) is 35.2 Å². The summed E-state index contributed by atoms with van der Waals surface area (Å²) in [6.07, 6.45) is 2.38. The molecule has 4 rings (SSSR count). The lowest BCUT2D eigenvalue weighted by molar-refractivity contribution is -0.116. The van der Waals surface area contributed by atoms with Crippen LogP contribution in [0.15, 0.2) is 40.8 Å². The van der Waals surface area contributed by atoms with E-state index in [9.17, 15) is 4.79 Å². The minimum atomic E-state index is 0.0139. The minimum absolute atomic E-state index is 0.0139. The summed E-state index contributed by atoms with van der Waals surface area (Å²) < 4.78 is 5.69. The van der Waals surface area contributed by atoms with Crippen LogP contribution in [0.2, 0.25) is 5.02 Å². The topological polar surface area (TPSA) is 59.2 Å². The molecular formula is C21H20ClN3O2. The first kappa shape index (κ1) is 17.7. The van der Waals surface area contributed by atoms with Crippen LogP contribution in [0.4, 0.5) is 5.69 Å². The number of carbonyl (C=O) groups excluding carboxylic acids is 1. The Kier molecular flexibility index (Phi) is 4.70. The van der Waals surface area contributed by atoms with Crippen molar-refractivity contribution in [2.24, 2.45) is 0 Å². The summed E-state index contributed by atoms with van der Waals surface area (Å²) in [4.78, 5) is 14.1. The normalized spacial score (nSPS) is 13.5. The predicted molar refractivity (Wildman–Crippen MR) is 105 cm³/mol. The zero-order valence-corrected chi connectivity index (χ0v) is 16.1. The molecule has 5 nitrogen and oxygen atoms in total. The van der Waals surface area contributed by atoms with Crippen molar-refractivity contribution in [2.75, 3.05) is 4.90 Å². The molecule has 0 saturated carbocycles. The number of amides is 1. The molecule has 0 N–H and O–H groups in total. The van der Waals surface area contributed by atoms with Crippen molar-refractivity contribution in [3.8, 4) is 11.5 Å². The van der Waals surface area contributed by atoms with Crippen LogP contribution in [0.5, 0.6) is 0 Å². The summed E-state index contributed by atoms with van der Waals surface area (Å²) in [5.74, 6) is 1.17. The summed E-state index contributed by atoms with van der Waals surface area (Å²) in [5, 5.41) is 8.87. The molecule has 0 bridgehead atoms. The third-order valence-electron chi connectivity index (χ3n) is 4.93. The molecule has 6 heteroatoms. The average molecular weight is 382 g/mol. The van der Waals surface area contributed by atoms with Crippen molar-refractivity contribution >= 4 is 23.2 Å². The summed E-state index contributed by atoms with van der Waals surface area (Å²) in [5.41, 5.74) is 5.23. The van der Waals surface area contributed by atoms with Gasteiger partial charge < -0.3 is 9.32 Å². The highest BCUT2D eigenvalue weighted by molar-refractivity contribution is 6.30. The molecule has 1 aromatic heterocycles. The molecule has 0 saturated heterocycles. The molecule has 0 atom stereocenters. The van der Waals surface area contributed by atoms with Gasteiger partial charge in [-0.05, 0) is 59.9 Å². The largest absolute Gasteiger partial charge is 0.421 e. The Bertz CT molecular complexity index is 1010. The number of benzene rings is 2. The number of carbonyl (C=O) groups is 1. The fourth-order valence-corrected chi connectivity index (χ4v) is 3.68. The number of aryl methyl sites for hydroxylation is 3. The van der Waals surface area contributed by atoms with Gasteiger partial charge in [-0.1, -0.05) is 24.6 Å². The van der Waals surface area contributed by atoms with Crippen molar-refractivity contribution < 1.29 is 9.21 Å².